The van der Waals surface area contributed by atoms with E-state index in [0.29, 0.717) is 17.1 Å². The van der Waals surface area contributed by atoms with Crippen molar-refractivity contribution in [2.75, 3.05) is 5.32 Å². The molecule has 26 heavy (non-hydrogen) atoms. The van der Waals surface area contributed by atoms with Crippen molar-refractivity contribution in [2.45, 2.75) is 12.5 Å². The number of carbonyl (C=O) groups is 2. The van der Waals surface area contributed by atoms with Crippen LogP contribution in [-0.2, 0) is 11.2 Å². The second-order valence-electron chi connectivity index (χ2n) is 5.69. The minimum absolute atomic E-state index is 0.155. The largest absolute Gasteiger partial charge is 0.459 e. The van der Waals surface area contributed by atoms with E-state index in [-0.39, 0.29) is 11.7 Å². The highest BCUT2D eigenvalue weighted by Gasteiger charge is 2.23. The molecule has 2 N–H and O–H groups in total. The van der Waals surface area contributed by atoms with Gasteiger partial charge in [-0.05, 0) is 42.0 Å². The lowest BCUT2D eigenvalue weighted by atomic mass is 10.0. The maximum atomic E-state index is 12.7. The minimum atomic E-state index is -0.759. The van der Waals surface area contributed by atoms with Crippen LogP contribution in [0.15, 0.2) is 77.4 Å². The molecule has 0 saturated heterocycles. The molecule has 0 fully saturated rings. The van der Waals surface area contributed by atoms with Crippen molar-refractivity contribution < 1.29 is 14.0 Å². The molecule has 3 rings (SSSR count). The molecular weight excluding hydrogens is 352 g/mol. The van der Waals surface area contributed by atoms with E-state index in [0.717, 1.165) is 5.56 Å². The third-order valence-electron chi connectivity index (χ3n) is 3.76. The molecule has 0 saturated carbocycles. The van der Waals surface area contributed by atoms with E-state index in [1.165, 1.54) is 6.26 Å². The van der Waals surface area contributed by atoms with E-state index in [1.54, 1.807) is 36.4 Å². The number of halogens is 1. The maximum Gasteiger partial charge on any atom is 0.287 e. The Kier molecular flexibility index (Phi) is 5.71. The first-order valence-electron chi connectivity index (χ1n) is 8.06. The number of amides is 2. The lowest BCUT2D eigenvalue weighted by Gasteiger charge is -2.18. The van der Waals surface area contributed by atoms with Gasteiger partial charge in [0, 0.05) is 17.1 Å². The van der Waals surface area contributed by atoms with Crippen molar-refractivity contribution in [3.05, 3.63) is 89.3 Å². The average Bonchev–Trinajstić information content (AvgIpc) is 3.19. The van der Waals surface area contributed by atoms with Gasteiger partial charge in [0.2, 0.25) is 5.91 Å². The van der Waals surface area contributed by atoms with Gasteiger partial charge in [0.1, 0.15) is 6.04 Å². The Hall–Kier alpha value is -3.05. The molecule has 1 atom stereocenters. The van der Waals surface area contributed by atoms with E-state index in [9.17, 15) is 9.59 Å². The van der Waals surface area contributed by atoms with Gasteiger partial charge in [-0.2, -0.15) is 0 Å². The Morgan fingerprint density at radius 3 is 2.35 bits per heavy atom. The molecule has 5 nitrogen and oxygen atoms in total. The molecular formula is C20H17ClN2O3. The summed E-state index contributed by atoms with van der Waals surface area (Å²) in [5, 5.41) is 6.10. The monoisotopic (exact) mass is 368 g/mol. The van der Waals surface area contributed by atoms with Gasteiger partial charge in [-0.3, -0.25) is 9.59 Å². The summed E-state index contributed by atoms with van der Waals surface area (Å²) in [7, 11) is 0. The number of furan rings is 1. The second kappa shape index (κ2) is 8.36. The van der Waals surface area contributed by atoms with Crippen LogP contribution in [0.3, 0.4) is 0 Å². The van der Waals surface area contributed by atoms with Crippen molar-refractivity contribution in [3.63, 3.8) is 0 Å². The Balaban J connectivity index is 1.75. The number of rotatable bonds is 6. The molecule has 1 aromatic heterocycles. The molecule has 2 amide bonds. The van der Waals surface area contributed by atoms with E-state index >= 15 is 0 Å². The summed E-state index contributed by atoms with van der Waals surface area (Å²) in [4.78, 5) is 25.0. The standard InChI is InChI=1S/C20H17ClN2O3/c21-15-8-10-16(11-9-15)22-19(24)17(13-14-5-2-1-3-6-14)23-20(25)18-7-4-12-26-18/h1-12,17H,13H2,(H,22,24)(H,23,25). The summed E-state index contributed by atoms with van der Waals surface area (Å²) in [6.07, 6.45) is 1.77. The number of anilines is 1. The van der Waals surface area contributed by atoms with Crippen molar-refractivity contribution in [1.82, 2.24) is 5.32 Å². The van der Waals surface area contributed by atoms with E-state index in [4.69, 9.17) is 16.0 Å². The van der Waals surface area contributed by atoms with E-state index in [2.05, 4.69) is 10.6 Å². The number of carbonyl (C=O) groups excluding carboxylic acids is 2. The molecule has 0 spiro atoms. The zero-order chi connectivity index (χ0) is 18.4. The highest BCUT2D eigenvalue weighted by molar-refractivity contribution is 6.30. The molecule has 3 aromatic rings. The summed E-state index contributed by atoms with van der Waals surface area (Å²) in [5.74, 6) is -0.611. The van der Waals surface area contributed by atoms with Gasteiger partial charge >= 0.3 is 0 Å². The van der Waals surface area contributed by atoms with Gasteiger partial charge in [0.25, 0.3) is 5.91 Å². The Morgan fingerprint density at radius 2 is 1.69 bits per heavy atom. The van der Waals surface area contributed by atoms with Crippen LogP contribution < -0.4 is 10.6 Å². The van der Waals surface area contributed by atoms with Crippen LogP contribution in [0.4, 0.5) is 5.69 Å². The molecule has 0 bridgehead atoms. The molecule has 2 aromatic carbocycles. The highest BCUT2D eigenvalue weighted by Crippen LogP contribution is 2.14. The summed E-state index contributed by atoms with van der Waals surface area (Å²) in [5.41, 5.74) is 1.54. The van der Waals surface area contributed by atoms with Gasteiger partial charge in [0.05, 0.1) is 6.26 Å². The van der Waals surface area contributed by atoms with Crippen molar-refractivity contribution in [3.8, 4) is 0 Å². The van der Waals surface area contributed by atoms with Crippen LogP contribution in [0.1, 0.15) is 16.1 Å². The van der Waals surface area contributed by atoms with E-state index < -0.39 is 11.9 Å². The van der Waals surface area contributed by atoms with Gasteiger partial charge in [-0.25, -0.2) is 0 Å². The molecule has 0 radical (unpaired) electrons. The molecule has 132 valence electrons. The van der Waals surface area contributed by atoms with Crippen LogP contribution in [-0.4, -0.2) is 17.9 Å². The molecule has 0 aliphatic heterocycles. The molecule has 1 heterocycles. The third-order valence-corrected chi connectivity index (χ3v) is 4.01. The lowest BCUT2D eigenvalue weighted by molar-refractivity contribution is -0.118. The zero-order valence-corrected chi connectivity index (χ0v) is 14.6. The second-order valence-corrected chi connectivity index (χ2v) is 6.13. The Morgan fingerprint density at radius 1 is 0.962 bits per heavy atom. The maximum absolute atomic E-state index is 12.7. The quantitative estimate of drug-likeness (QED) is 0.692. The van der Waals surface area contributed by atoms with Gasteiger partial charge < -0.3 is 15.1 Å². The number of benzene rings is 2. The molecule has 0 aliphatic carbocycles. The van der Waals surface area contributed by atoms with Crippen molar-refractivity contribution in [1.29, 1.82) is 0 Å². The number of nitrogens with one attached hydrogen (secondary N) is 2. The summed E-state index contributed by atoms with van der Waals surface area (Å²) >= 11 is 5.86. The fourth-order valence-electron chi connectivity index (χ4n) is 2.46. The average molecular weight is 369 g/mol. The zero-order valence-electron chi connectivity index (χ0n) is 13.8. The minimum Gasteiger partial charge on any atom is -0.459 e. The topological polar surface area (TPSA) is 71.3 Å². The fraction of sp³-hybridized carbons (Fsp3) is 0.100. The van der Waals surface area contributed by atoms with Gasteiger partial charge in [-0.15, -0.1) is 0 Å². The van der Waals surface area contributed by atoms with Crippen LogP contribution >= 0.6 is 11.6 Å². The summed E-state index contributed by atoms with van der Waals surface area (Å²) in [6.45, 7) is 0. The van der Waals surface area contributed by atoms with E-state index in [1.807, 2.05) is 30.3 Å². The normalized spacial score (nSPS) is 11.6. The third kappa shape index (κ3) is 4.74. The molecule has 0 aliphatic rings. The number of hydrogen-bond donors (Lipinski definition) is 2. The van der Waals surface area contributed by atoms with Crippen molar-refractivity contribution >= 4 is 29.1 Å². The number of hydrogen-bond acceptors (Lipinski definition) is 3. The van der Waals surface area contributed by atoms with Gasteiger partial charge in [-0.1, -0.05) is 41.9 Å². The first kappa shape index (κ1) is 17.8. The Labute approximate surface area is 156 Å². The van der Waals surface area contributed by atoms with Crippen LogP contribution in [0.25, 0.3) is 0 Å². The van der Waals surface area contributed by atoms with Crippen molar-refractivity contribution in [2.24, 2.45) is 0 Å². The van der Waals surface area contributed by atoms with Crippen LogP contribution in [0.5, 0.6) is 0 Å². The summed E-state index contributed by atoms with van der Waals surface area (Å²) in [6, 6.07) is 18.7. The van der Waals surface area contributed by atoms with Crippen LogP contribution in [0, 0.1) is 0 Å². The summed E-state index contributed by atoms with van der Waals surface area (Å²) < 4.78 is 5.10. The van der Waals surface area contributed by atoms with Gasteiger partial charge in [0.15, 0.2) is 5.76 Å². The fourth-order valence-corrected chi connectivity index (χ4v) is 2.58. The Bertz CT molecular complexity index is 862. The highest BCUT2D eigenvalue weighted by atomic mass is 35.5. The SMILES string of the molecule is O=C(NC(Cc1ccccc1)C(=O)Nc1ccc(Cl)cc1)c1ccco1. The molecule has 6 heteroatoms. The van der Waals surface area contributed by atoms with Crippen LogP contribution in [0.2, 0.25) is 5.02 Å². The smallest absolute Gasteiger partial charge is 0.287 e. The predicted octanol–water partition coefficient (Wildman–Crippen LogP) is 3.91. The molecule has 1 unspecified atom stereocenters. The predicted molar refractivity (Wildman–Crippen MR) is 100 cm³/mol. The first-order valence-corrected chi connectivity index (χ1v) is 8.44. The first-order chi connectivity index (χ1) is 12.6. The lowest BCUT2D eigenvalue weighted by Crippen LogP contribution is -2.45.